The van der Waals surface area contributed by atoms with Gasteiger partial charge in [0, 0.05) is 9.79 Å². The van der Waals surface area contributed by atoms with Gasteiger partial charge in [0.2, 0.25) is 0 Å². The lowest BCUT2D eigenvalue weighted by atomic mass is 10.0. The third-order valence-electron chi connectivity index (χ3n) is 6.53. The quantitative estimate of drug-likeness (QED) is 0.162. The predicted molar refractivity (Wildman–Crippen MR) is 187 cm³/mol. The second kappa shape index (κ2) is 16.7. The highest BCUT2D eigenvalue weighted by atomic mass is 33.1. The molecule has 2 aromatic carbocycles. The van der Waals surface area contributed by atoms with E-state index in [-0.39, 0.29) is 23.7 Å². The Bertz CT molecular complexity index is 1290. The molecular formula is C36H52N2O6S2. The van der Waals surface area contributed by atoms with Crippen LogP contribution < -0.4 is 10.6 Å². The number of amides is 2. The van der Waals surface area contributed by atoms with Crippen LogP contribution in [-0.4, -0.2) is 47.0 Å². The molecule has 10 heteroatoms. The van der Waals surface area contributed by atoms with Crippen LogP contribution in [0.4, 0.5) is 0 Å². The minimum absolute atomic E-state index is 0.154. The van der Waals surface area contributed by atoms with Gasteiger partial charge in [0.15, 0.2) is 0 Å². The van der Waals surface area contributed by atoms with Gasteiger partial charge in [0.05, 0.1) is 11.1 Å². The van der Waals surface area contributed by atoms with Crippen molar-refractivity contribution in [2.45, 2.75) is 129 Å². The number of hydrogen-bond donors (Lipinski definition) is 2. The zero-order valence-electron chi connectivity index (χ0n) is 29.5. The third kappa shape index (κ3) is 12.7. The normalized spacial score (nSPS) is 13.3. The molecule has 0 aromatic heterocycles. The Morgan fingerprint density at radius 1 is 0.630 bits per heavy atom. The second-order valence-corrected chi connectivity index (χ2v) is 16.6. The van der Waals surface area contributed by atoms with E-state index < -0.39 is 35.2 Å². The van der Waals surface area contributed by atoms with E-state index >= 15 is 0 Å². The van der Waals surface area contributed by atoms with Gasteiger partial charge in [-0.25, -0.2) is 9.59 Å². The Hall–Kier alpha value is -2.98. The largest absolute Gasteiger partial charge is 0.458 e. The van der Waals surface area contributed by atoms with Crippen molar-refractivity contribution in [3.05, 3.63) is 58.7 Å². The first-order valence-electron chi connectivity index (χ1n) is 15.8. The highest BCUT2D eigenvalue weighted by Crippen LogP contribution is 2.43. The summed E-state index contributed by atoms with van der Waals surface area (Å²) in [6.45, 7) is 22.6. The number of aryl methyl sites for hydroxylation is 2. The molecule has 0 bridgehead atoms. The summed E-state index contributed by atoms with van der Waals surface area (Å²) in [6.07, 6.45) is 0.874. The summed E-state index contributed by atoms with van der Waals surface area (Å²) in [5.74, 6) is -1.38. The number of carbonyl (C=O) groups excluding carboxylic acids is 4. The summed E-state index contributed by atoms with van der Waals surface area (Å²) in [7, 11) is 2.74. The topological polar surface area (TPSA) is 111 Å². The van der Waals surface area contributed by atoms with Gasteiger partial charge >= 0.3 is 11.9 Å². The third-order valence-corrected chi connectivity index (χ3v) is 9.28. The molecule has 0 radical (unpaired) electrons. The van der Waals surface area contributed by atoms with Crippen molar-refractivity contribution in [2.75, 3.05) is 0 Å². The Balaban J connectivity index is 2.36. The number of nitrogens with one attached hydrogen (secondary N) is 2. The molecular weight excluding hydrogens is 621 g/mol. The Labute approximate surface area is 283 Å². The van der Waals surface area contributed by atoms with Crippen LogP contribution in [0.3, 0.4) is 0 Å². The van der Waals surface area contributed by atoms with Crippen molar-refractivity contribution in [3.8, 4) is 0 Å². The lowest BCUT2D eigenvalue weighted by Crippen LogP contribution is -2.45. The van der Waals surface area contributed by atoms with Crippen molar-refractivity contribution in [3.63, 3.8) is 0 Å². The SMILES string of the molecule is Cc1cccc(C(=O)NC(CC(C)C)C(=O)OC(C)(C)C)c1SSc1c(C)cccc1C(=O)NC(CC(C)C)C(=O)OC(C)(C)C. The molecule has 254 valence electrons. The number of ether oxygens (including phenoxy) is 2. The lowest BCUT2D eigenvalue weighted by Gasteiger charge is -2.26. The fourth-order valence-corrected chi connectivity index (χ4v) is 7.45. The van der Waals surface area contributed by atoms with Crippen LogP contribution in [0.25, 0.3) is 0 Å². The molecule has 2 atom stereocenters. The van der Waals surface area contributed by atoms with E-state index in [0.29, 0.717) is 24.0 Å². The van der Waals surface area contributed by atoms with Gasteiger partial charge in [-0.1, -0.05) is 73.5 Å². The summed E-state index contributed by atoms with van der Waals surface area (Å²) in [5, 5.41) is 5.83. The molecule has 0 aliphatic rings. The molecule has 0 fully saturated rings. The van der Waals surface area contributed by atoms with E-state index in [1.54, 1.807) is 53.7 Å². The number of carbonyl (C=O) groups is 4. The van der Waals surface area contributed by atoms with E-state index in [9.17, 15) is 19.2 Å². The lowest BCUT2D eigenvalue weighted by molar-refractivity contribution is -0.158. The van der Waals surface area contributed by atoms with E-state index in [4.69, 9.17) is 9.47 Å². The molecule has 0 heterocycles. The molecule has 2 aromatic rings. The van der Waals surface area contributed by atoms with Gasteiger partial charge in [-0.05, 0) is 103 Å². The van der Waals surface area contributed by atoms with E-state index in [1.165, 1.54) is 21.6 Å². The van der Waals surface area contributed by atoms with E-state index in [2.05, 4.69) is 10.6 Å². The maximum absolute atomic E-state index is 13.7. The minimum atomic E-state index is -0.798. The molecule has 0 aliphatic carbocycles. The van der Waals surface area contributed by atoms with Crippen molar-refractivity contribution in [1.29, 1.82) is 0 Å². The standard InChI is InChI=1S/C36H52N2O6S2/c1-21(2)19-27(33(41)43-35(7,8)9)37-31(39)25-17-13-15-23(5)29(25)45-46-30-24(6)16-14-18-26(30)32(40)38-28(20-22(3)4)34(42)44-36(10,11)12/h13-18,21-22,27-28H,19-20H2,1-12H3,(H,37,39)(H,38,40). The number of rotatable bonds is 13. The Kier molecular flexibility index (Phi) is 14.3. The first-order chi connectivity index (χ1) is 21.2. The molecule has 8 nitrogen and oxygen atoms in total. The van der Waals surface area contributed by atoms with Crippen molar-refractivity contribution >= 4 is 45.3 Å². The predicted octanol–water partition coefficient (Wildman–Crippen LogP) is 8.08. The van der Waals surface area contributed by atoms with Gasteiger partial charge in [0.25, 0.3) is 11.8 Å². The Morgan fingerprint density at radius 2 is 0.957 bits per heavy atom. The van der Waals surface area contributed by atoms with E-state index in [0.717, 1.165) is 20.9 Å². The van der Waals surface area contributed by atoms with Crippen molar-refractivity contribution in [2.24, 2.45) is 11.8 Å². The van der Waals surface area contributed by atoms with Crippen LogP contribution in [0.5, 0.6) is 0 Å². The summed E-state index contributed by atoms with van der Waals surface area (Å²) in [6, 6.07) is 9.32. The smallest absolute Gasteiger partial charge is 0.329 e. The first kappa shape index (κ1) is 39.2. The zero-order chi connectivity index (χ0) is 35.0. The highest BCUT2D eigenvalue weighted by molar-refractivity contribution is 8.76. The maximum atomic E-state index is 13.7. The first-order valence-corrected chi connectivity index (χ1v) is 17.9. The van der Waals surface area contributed by atoms with Crippen LogP contribution in [-0.2, 0) is 19.1 Å². The molecule has 2 N–H and O–H groups in total. The molecule has 2 rings (SSSR count). The fraction of sp³-hybridized carbons (Fsp3) is 0.556. The molecule has 2 unspecified atom stereocenters. The number of benzene rings is 2. The zero-order valence-corrected chi connectivity index (χ0v) is 31.1. The van der Waals surface area contributed by atoms with Gasteiger partial charge in [-0.3, -0.25) is 9.59 Å². The summed E-state index contributed by atoms with van der Waals surface area (Å²) >= 11 is 0. The minimum Gasteiger partial charge on any atom is -0.458 e. The monoisotopic (exact) mass is 672 g/mol. The van der Waals surface area contributed by atoms with Gasteiger partial charge < -0.3 is 20.1 Å². The van der Waals surface area contributed by atoms with Crippen LogP contribution in [0.15, 0.2) is 46.2 Å². The summed E-state index contributed by atoms with van der Waals surface area (Å²) in [5.41, 5.74) is 1.25. The fourth-order valence-electron chi connectivity index (χ4n) is 4.56. The molecule has 0 spiro atoms. The second-order valence-electron chi connectivity index (χ2n) is 14.4. The van der Waals surface area contributed by atoms with Crippen LogP contribution in [0, 0.1) is 25.7 Å². The van der Waals surface area contributed by atoms with Crippen LogP contribution >= 0.6 is 21.6 Å². The molecule has 0 saturated carbocycles. The van der Waals surface area contributed by atoms with Crippen LogP contribution in [0.1, 0.15) is 114 Å². The van der Waals surface area contributed by atoms with Gasteiger partial charge in [0.1, 0.15) is 23.3 Å². The summed E-state index contributed by atoms with van der Waals surface area (Å²) < 4.78 is 11.2. The van der Waals surface area contributed by atoms with Gasteiger partial charge in [-0.15, -0.1) is 0 Å². The van der Waals surface area contributed by atoms with Crippen LogP contribution in [0.2, 0.25) is 0 Å². The van der Waals surface area contributed by atoms with E-state index in [1.807, 2.05) is 65.8 Å². The number of hydrogen-bond acceptors (Lipinski definition) is 8. The molecule has 0 saturated heterocycles. The van der Waals surface area contributed by atoms with Crippen molar-refractivity contribution in [1.82, 2.24) is 10.6 Å². The molecule has 46 heavy (non-hydrogen) atoms. The maximum Gasteiger partial charge on any atom is 0.329 e. The number of esters is 2. The highest BCUT2D eigenvalue weighted by Gasteiger charge is 2.30. The summed E-state index contributed by atoms with van der Waals surface area (Å²) in [4.78, 5) is 54.7. The average molecular weight is 673 g/mol. The Morgan fingerprint density at radius 3 is 1.24 bits per heavy atom. The van der Waals surface area contributed by atoms with Gasteiger partial charge in [-0.2, -0.15) is 0 Å². The average Bonchev–Trinajstić information content (AvgIpc) is 2.89. The molecule has 2 amide bonds. The van der Waals surface area contributed by atoms with Crippen molar-refractivity contribution < 1.29 is 28.7 Å². The molecule has 0 aliphatic heterocycles.